The van der Waals surface area contributed by atoms with E-state index in [-0.39, 0.29) is 13.1 Å². The van der Waals surface area contributed by atoms with Crippen molar-refractivity contribution in [1.82, 2.24) is 4.90 Å². The molecule has 1 aromatic carbocycles. The van der Waals surface area contributed by atoms with Crippen LogP contribution >= 0.6 is 0 Å². The van der Waals surface area contributed by atoms with Crippen molar-refractivity contribution in [3.63, 3.8) is 0 Å². The van der Waals surface area contributed by atoms with Gasteiger partial charge in [0.05, 0.1) is 5.56 Å². The van der Waals surface area contributed by atoms with Crippen molar-refractivity contribution in [3.05, 3.63) is 29.8 Å². The lowest BCUT2D eigenvalue weighted by Crippen LogP contribution is -2.50. The van der Waals surface area contributed by atoms with E-state index in [1.54, 1.807) is 11.0 Å². The molecule has 1 aliphatic heterocycles. The van der Waals surface area contributed by atoms with Gasteiger partial charge in [0.25, 0.3) is 0 Å². The maximum atomic E-state index is 12.7. The number of benzene rings is 1. The lowest BCUT2D eigenvalue weighted by molar-refractivity contribution is -0.156. The molecule has 1 amide bonds. The topological polar surface area (TPSA) is 60.9 Å². The molecular formula is C13H13F3N2O3. The third-order valence-electron chi connectivity index (χ3n) is 3.29. The number of alkyl halides is 3. The van der Waals surface area contributed by atoms with Crippen LogP contribution in [0.4, 0.5) is 18.9 Å². The Morgan fingerprint density at radius 1 is 1.10 bits per heavy atom. The first-order valence-corrected chi connectivity index (χ1v) is 6.23. The summed E-state index contributed by atoms with van der Waals surface area (Å²) < 4.78 is 38.0. The Labute approximate surface area is 118 Å². The van der Waals surface area contributed by atoms with Gasteiger partial charge in [-0.2, -0.15) is 13.2 Å². The van der Waals surface area contributed by atoms with Crippen molar-refractivity contribution in [3.8, 4) is 0 Å². The van der Waals surface area contributed by atoms with Crippen molar-refractivity contribution in [2.45, 2.75) is 6.18 Å². The summed E-state index contributed by atoms with van der Waals surface area (Å²) in [6.07, 6.45) is -4.41. The second-order valence-electron chi connectivity index (χ2n) is 4.63. The maximum absolute atomic E-state index is 12.7. The molecule has 1 saturated heterocycles. The van der Waals surface area contributed by atoms with E-state index in [0.717, 1.165) is 12.1 Å². The van der Waals surface area contributed by atoms with Crippen molar-refractivity contribution < 1.29 is 27.9 Å². The molecule has 0 aromatic heterocycles. The van der Waals surface area contributed by atoms with Crippen molar-refractivity contribution in [2.24, 2.45) is 0 Å². The SMILES string of the molecule is O=C(O)C(=O)N1CCN(c2cccc(C(F)(F)F)c2)CC1. The largest absolute Gasteiger partial charge is 0.474 e. The fourth-order valence-corrected chi connectivity index (χ4v) is 2.18. The predicted molar refractivity (Wildman–Crippen MR) is 67.9 cm³/mol. The van der Waals surface area contributed by atoms with Gasteiger partial charge in [0.2, 0.25) is 0 Å². The summed E-state index contributed by atoms with van der Waals surface area (Å²) in [6, 6.07) is 4.93. The second kappa shape index (κ2) is 5.63. The molecule has 114 valence electrons. The van der Waals surface area contributed by atoms with Crippen LogP contribution in [0.1, 0.15) is 5.56 Å². The fourth-order valence-electron chi connectivity index (χ4n) is 2.18. The third-order valence-corrected chi connectivity index (χ3v) is 3.29. The zero-order chi connectivity index (χ0) is 15.6. The summed E-state index contributed by atoms with van der Waals surface area (Å²) in [5.74, 6) is -2.51. The Bertz CT molecular complexity index is 552. The lowest BCUT2D eigenvalue weighted by Gasteiger charge is -2.35. The average molecular weight is 302 g/mol. The molecule has 1 aromatic rings. The van der Waals surface area contributed by atoms with Crippen molar-refractivity contribution in [1.29, 1.82) is 0 Å². The molecule has 0 saturated carbocycles. The number of amides is 1. The van der Waals surface area contributed by atoms with Gasteiger partial charge in [-0.25, -0.2) is 4.79 Å². The summed E-state index contributed by atoms with van der Waals surface area (Å²) in [4.78, 5) is 24.7. The monoisotopic (exact) mass is 302 g/mol. The van der Waals surface area contributed by atoms with Crippen LogP contribution in [0, 0.1) is 0 Å². The van der Waals surface area contributed by atoms with Gasteiger partial charge in [0, 0.05) is 31.9 Å². The van der Waals surface area contributed by atoms with Crippen LogP contribution in [0.5, 0.6) is 0 Å². The molecule has 0 radical (unpaired) electrons. The Kier molecular flexibility index (Phi) is 4.06. The van der Waals surface area contributed by atoms with Gasteiger partial charge in [0.1, 0.15) is 0 Å². The number of nitrogens with zero attached hydrogens (tertiary/aromatic N) is 2. The Morgan fingerprint density at radius 2 is 1.71 bits per heavy atom. The number of piperazine rings is 1. The number of hydrogen-bond donors (Lipinski definition) is 1. The van der Waals surface area contributed by atoms with E-state index >= 15 is 0 Å². The van der Waals surface area contributed by atoms with E-state index in [1.807, 2.05) is 0 Å². The quantitative estimate of drug-likeness (QED) is 0.798. The minimum atomic E-state index is -4.41. The predicted octanol–water partition coefficient (Wildman–Crippen LogP) is 1.44. The molecule has 2 rings (SSSR count). The maximum Gasteiger partial charge on any atom is 0.416 e. The molecule has 0 spiro atoms. The van der Waals surface area contributed by atoms with E-state index in [1.165, 1.54) is 11.0 Å². The molecule has 1 heterocycles. The first kappa shape index (κ1) is 15.1. The number of carboxylic acids is 1. The molecular weight excluding hydrogens is 289 g/mol. The Balaban J connectivity index is 2.06. The van der Waals surface area contributed by atoms with Crippen LogP contribution in [0.3, 0.4) is 0 Å². The van der Waals surface area contributed by atoms with Gasteiger partial charge < -0.3 is 14.9 Å². The fraction of sp³-hybridized carbons (Fsp3) is 0.385. The van der Waals surface area contributed by atoms with Gasteiger partial charge in [-0.3, -0.25) is 4.79 Å². The van der Waals surface area contributed by atoms with Crippen LogP contribution in [0.15, 0.2) is 24.3 Å². The molecule has 0 atom stereocenters. The highest BCUT2D eigenvalue weighted by molar-refractivity contribution is 6.31. The molecule has 21 heavy (non-hydrogen) atoms. The zero-order valence-corrected chi connectivity index (χ0v) is 10.9. The molecule has 1 fully saturated rings. The van der Waals surface area contributed by atoms with Gasteiger partial charge in [-0.1, -0.05) is 6.07 Å². The Hall–Kier alpha value is -2.25. The number of hydrogen-bond acceptors (Lipinski definition) is 3. The number of rotatable bonds is 1. The second-order valence-corrected chi connectivity index (χ2v) is 4.63. The van der Waals surface area contributed by atoms with E-state index in [9.17, 15) is 22.8 Å². The zero-order valence-electron chi connectivity index (χ0n) is 10.9. The van der Waals surface area contributed by atoms with Crippen LogP contribution in [0.2, 0.25) is 0 Å². The molecule has 1 N–H and O–H groups in total. The van der Waals surface area contributed by atoms with E-state index in [0.29, 0.717) is 18.8 Å². The smallest absolute Gasteiger partial charge is 0.416 e. The average Bonchev–Trinajstić information content (AvgIpc) is 2.46. The third kappa shape index (κ3) is 3.45. The van der Waals surface area contributed by atoms with Gasteiger partial charge in [-0.05, 0) is 18.2 Å². The van der Waals surface area contributed by atoms with E-state index in [4.69, 9.17) is 5.11 Å². The lowest BCUT2D eigenvalue weighted by atomic mass is 10.1. The first-order chi connectivity index (χ1) is 9.79. The number of carbonyl (C=O) groups excluding carboxylic acids is 1. The Morgan fingerprint density at radius 3 is 2.24 bits per heavy atom. The number of carbonyl (C=O) groups is 2. The number of halogens is 3. The van der Waals surface area contributed by atoms with Gasteiger partial charge in [-0.15, -0.1) is 0 Å². The van der Waals surface area contributed by atoms with Crippen LogP contribution in [-0.4, -0.2) is 48.1 Å². The van der Waals surface area contributed by atoms with Crippen LogP contribution in [0.25, 0.3) is 0 Å². The summed E-state index contributed by atoms with van der Waals surface area (Å²) in [5.41, 5.74) is -0.323. The summed E-state index contributed by atoms with van der Waals surface area (Å²) in [7, 11) is 0. The number of anilines is 1. The minimum Gasteiger partial charge on any atom is -0.474 e. The highest BCUT2D eigenvalue weighted by Gasteiger charge is 2.31. The highest BCUT2D eigenvalue weighted by atomic mass is 19.4. The van der Waals surface area contributed by atoms with Gasteiger partial charge in [0.15, 0.2) is 0 Å². The molecule has 5 nitrogen and oxygen atoms in total. The molecule has 0 aliphatic carbocycles. The highest BCUT2D eigenvalue weighted by Crippen LogP contribution is 2.31. The normalized spacial score (nSPS) is 16.0. The van der Waals surface area contributed by atoms with Crippen LogP contribution < -0.4 is 4.90 Å². The van der Waals surface area contributed by atoms with Crippen molar-refractivity contribution >= 4 is 17.6 Å². The summed E-state index contributed by atoms with van der Waals surface area (Å²) in [6.45, 7) is 0.920. The van der Waals surface area contributed by atoms with Crippen LogP contribution in [-0.2, 0) is 15.8 Å². The van der Waals surface area contributed by atoms with E-state index < -0.39 is 23.6 Å². The molecule has 0 bridgehead atoms. The number of aliphatic carboxylic acids is 1. The number of carboxylic acid groups (broad SMARTS) is 1. The molecule has 0 unspecified atom stereocenters. The van der Waals surface area contributed by atoms with E-state index in [2.05, 4.69) is 0 Å². The summed E-state index contributed by atoms with van der Waals surface area (Å²) >= 11 is 0. The van der Waals surface area contributed by atoms with Gasteiger partial charge >= 0.3 is 18.1 Å². The summed E-state index contributed by atoms with van der Waals surface area (Å²) in [5, 5.41) is 8.61. The molecule has 8 heteroatoms. The minimum absolute atomic E-state index is 0.168. The standard InChI is InChI=1S/C13H13F3N2O3/c14-13(15,16)9-2-1-3-10(8-9)17-4-6-18(7-5-17)11(19)12(20)21/h1-3,8H,4-7H2,(H,20,21). The molecule has 1 aliphatic rings. The van der Waals surface area contributed by atoms with Crippen molar-refractivity contribution in [2.75, 3.05) is 31.1 Å². The first-order valence-electron chi connectivity index (χ1n) is 6.23.